The number of aliphatic carboxylic acids is 1. The predicted molar refractivity (Wildman–Crippen MR) is 62.0 cm³/mol. The molecule has 2 aliphatic heterocycles. The van der Waals surface area contributed by atoms with E-state index in [1.54, 1.807) is 18.2 Å². The van der Waals surface area contributed by atoms with E-state index in [9.17, 15) is 9.59 Å². The Balaban J connectivity index is 1.93. The highest BCUT2D eigenvalue weighted by molar-refractivity contribution is 5.82. The summed E-state index contributed by atoms with van der Waals surface area (Å²) in [5.74, 6) is -1.21. The molecule has 0 radical (unpaired) electrons. The van der Waals surface area contributed by atoms with Crippen LogP contribution in [0.5, 0.6) is 11.5 Å². The van der Waals surface area contributed by atoms with E-state index in [4.69, 9.17) is 19.3 Å². The zero-order chi connectivity index (χ0) is 13.4. The van der Waals surface area contributed by atoms with Crippen LogP contribution in [-0.2, 0) is 14.3 Å². The minimum absolute atomic E-state index is 0.103. The van der Waals surface area contributed by atoms with Crippen molar-refractivity contribution in [3.63, 3.8) is 0 Å². The Bertz CT molecular complexity index is 538. The number of rotatable bonds is 2. The number of hydrogen-bond acceptors (Lipinski definition) is 5. The third-order valence-electron chi connectivity index (χ3n) is 3.22. The highest BCUT2D eigenvalue weighted by atomic mass is 16.6. The van der Waals surface area contributed by atoms with Gasteiger partial charge >= 0.3 is 11.9 Å². The Labute approximate surface area is 108 Å². The van der Waals surface area contributed by atoms with Gasteiger partial charge in [-0.3, -0.25) is 9.59 Å². The molecule has 2 aliphatic rings. The maximum atomic E-state index is 11.3. The van der Waals surface area contributed by atoms with Crippen LogP contribution in [-0.4, -0.2) is 30.3 Å². The Kier molecular flexibility index (Phi) is 2.77. The number of benzene rings is 1. The van der Waals surface area contributed by atoms with E-state index in [1.165, 1.54) is 0 Å². The summed E-state index contributed by atoms with van der Waals surface area (Å²) < 4.78 is 15.9. The summed E-state index contributed by atoms with van der Waals surface area (Å²) in [4.78, 5) is 22.4. The molecule has 0 amide bonds. The Morgan fingerprint density at radius 1 is 1.21 bits per heavy atom. The standard InChI is InChI=1S/C13H12O6/c14-11-6-8(13(15)16)12(19-11)7-1-2-9-10(5-7)18-4-3-17-9/h1-2,5,8,12H,3-4,6H2,(H,15,16)/t8-,12-/m0/s1. The van der Waals surface area contributed by atoms with Gasteiger partial charge in [-0.25, -0.2) is 0 Å². The van der Waals surface area contributed by atoms with Crippen molar-refractivity contribution in [2.24, 2.45) is 5.92 Å². The van der Waals surface area contributed by atoms with Crippen molar-refractivity contribution in [1.82, 2.24) is 0 Å². The van der Waals surface area contributed by atoms with Crippen molar-refractivity contribution in [2.75, 3.05) is 13.2 Å². The highest BCUT2D eigenvalue weighted by Gasteiger charge is 2.41. The molecular weight excluding hydrogens is 252 g/mol. The molecule has 0 aromatic heterocycles. The van der Waals surface area contributed by atoms with E-state index in [1.807, 2.05) is 0 Å². The molecule has 2 atom stereocenters. The van der Waals surface area contributed by atoms with Crippen molar-refractivity contribution in [2.45, 2.75) is 12.5 Å². The average molecular weight is 264 g/mol. The second kappa shape index (κ2) is 4.46. The summed E-state index contributed by atoms with van der Waals surface area (Å²) in [7, 11) is 0. The Morgan fingerprint density at radius 3 is 2.68 bits per heavy atom. The van der Waals surface area contributed by atoms with Crippen LogP contribution < -0.4 is 9.47 Å². The number of carboxylic acids is 1. The summed E-state index contributed by atoms with van der Waals surface area (Å²) in [6, 6.07) is 5.08. The van der Waals surface area contributed by atoms with Crippen LogP contribution in [0.3, 0.4) is 0 Å². The lowest BCUT2D eigenvalue weighted by Crippen LogP contribution is -2.19. The maximum absolute atomic E-state index is 11.3. The summed E-state index contributed by atoms with van der Waals surface area (Å²) in [6.07, 6.45) is -0.866. The van der Waals surface area contributed by atoms with Gasteiger partial charge in [-0.1, -0.05) is 6.07 Å². The lowest BCUT2D eigenvalue weighted by Gasteiger charge is -2.21. The average Bonchev–Trinajstić information content (AvgIpc) is 2.80. The van der Waals surface area contributed by atoms with Crippen molar-refractivity contribution < 1.29 is 28.9 Å². The number of carbonyl (C=O) groups is 2. The molecule has 6 nitrogen and oxygen atoms in total. The predicted octanol–water partition coefficient (Wildman–Crippen LogP) is 1.15. The first-order valence-electron chi connectivity index (χ1n) is 5.97. The molecule has 1 N–H and O–H groups in total. The zero-order valence-electron chi connectivity index (χ0n) is 10.00. The van der Waals surface area contributed by atoms with Gasteiger partial charge in [-0.15, -0.1) is 0 Å². The Hall–Kier alpha value is -2.24. The molecule has 6 heteroatoms. The first-order chi connectivity index (χ1) is 9.15. The van der Waals surface area contributed by atoms with Crippen molar-refractivity contribution in [3.05, 3.63) is 23.8 Å². The summed E-state index contributed by atoms with van der Waals surface area (Å²) in [5.41, 5.74) is 0.613. The van der Waals surface area contributed by atoms with E-state index in [2.05, 4.69) is 0 Å². The smallest absolute Gasteiger partial charge is 0.311 e. The molecule has 1 fully saturated rings. The minimum atomic E-state index is -1.04. The van der Waals surface area contributed by atoms with Crippen LogP contribution in [0.15, 0.2) is 18.2 Å². The normalized spacial score (nSPS) is 24.9. The molecule has 0 unspecified atom stereocenters. The summed E-state index contributed by atoms with van der Waals surface area (Å²) in [5, 5.41) is 9.11. The number of hydrogen-bond donors (Lipinski definition) is 1. The number of carbonyl (C=O) groups excluding carboxylic acids is 1. The number of ether oxygens (including phenoxy) is 3. The van der Waals surface area contributed by atoms with E-state index >= 15 is 0 Å². The highest BCUT2D eigenvalue weighted by Crippen LogP contribution is 2.39. The van der Waals surface area contributed by atoms with Gasteiger partial charge in [0.25, 0.3) is 0 Å². The third-order valence-corrected chi connectivity index (χ3v) is 3.22. The second-order valence-corrected chi connectivity index (χ2v) is 4.46. The fourth-order valence-electron chi connectivity index (χ4n) is 2.31. The van der Waals surface area contributed by atoms with Gasteiger partial charge in [0, 0.05) is 0 Å². The topological polar surface area (TPSA) is 82.1 Å². The summed E-state index contributed by atoms with van der Waals surface area (Å²) >= 11 is 0. The molecule has 19 heavy (non-hydrogen) atoms. The van der Waals surface area contributed by atoms with Crippen LogP contribution in [0.2, 0.25) is 0 Å². The van der Waals surface area contributed by atoms with Crippen molar-refractivity contribution in [1.29, 1.82) is 0 Å². The van der Waals surface area contributed by atoms with Crippen LogP contribution in [0.4, 0.5) is 0 Å². The molecule has 0 saturated carbocycles. The zero-order valence-corrected chi connectivity index (χ0v) is 10.00. The van der Waals surface area contributed by atoms with Gasteiger partial charge in [0.2, 0.25) is 0 Å². The lowest BCUT2D eigenvalue weighted by molar-refractivity contribution is -0.144. The molecule has 0 spiro atoms. The number of fused-ring (bicyclic) bond motifs is 1. The van der Waals surface area contributed by atoms with E-state index in [0.29, 0.717) is 30.3 Å². The monoisotopic (exact) mass is 264 g/mol. The molecule has 1 aromatic rings. The Morgan fingerprint density at radius 2 is 1.95 bits per heavy atom. The summed E-state index contributed by atoms with van der Waals surface area (Å²) in [6.45, 7) is 0.936. The van der Waals surface area contributed by atoms with Gasteiger partial charge < -0.3 is 19.3 Å². The molecule has 0 aliphatic carbocycles. The maximum Gasteiger partial charge on any atom is 0.311 e. The second-order valence-electron chi connectivity index (χ2n) is 4.46. The minimum Gasteiger partial charge on any atom is -0.486 e. The van der Waals surface area contributed by atoms with E-state index in [-0.39, 0.29) is 6.42 Å². The first-order valence-corrected chi connectivity index (χ1v) is 5.97. The largest absolute Gasteiger partial charge is 0.486 e. The van der Waals surface area contributed by atoms with Gasteiger partial charge in [0.05, 0.1) is 6.42 Å². The SMILES string of the molecule is O=C1C[C@H](C(=O)O)[C@H](c2ccc3c(c2)OCCO3)O1. The molecule has 1 saturated heterocycles. The van der Waals surface area contributed by atoms with Crippen LogP contribution >= 0.6 is 0 Å². The van der Waals surface area contributed by atoms with Gasteiger partial charge in [-0.2, -0.15) is 0 Å². The van der Waals surface area contributed by atoms with E-state index in [0.717, 1.165) is 0 Å². The van der Waals surface area contributed by atoms with Gasteiger partial charge in [-0.05, 0) is 17.7 Å². The molecule has 2 heterocycles. The van der Waals surface area contributed by atoms with Crippen LogP contribution in [0.1, 0.15) is 18.1 Å². The first kappa shape index (κ1) is 11.8. The van der Waals surface area contributed by atoms with Crippen molar-refractivity contribution in [3.8, 4) is 11.5 Å². The number of carboxylic acid groups (broad SMARTS) is 1. The molecular formula is C13H12O6. The quantitative estimate of drug-likeness (QED) is 0.807. The molecule has 1 aromatic carbocycles. The number of cyclic esters (lactones) is 1. The fraction of sp³-hybridized carbons (Fsp3) is 0.385. The van der Waals surface area contributed by atoms with Crippen LogP contribution in [0, 0.1) is 5.92 Å². The molecule has 3 rings (SSSR count). The van der Waals surface area contributed by atoms with Gasteiger partial charge in [0.15, 0.2) is 11.5 Å². The number of esters is 1. The van der Waals surface area contributed by atoms with Crippen LogP contribution in [0.25, 0.3) is 0 Å². The lowest BCUT2D eigenvalue weighted by atomic mass is 9.95. The molecule has 0 bridgehead atoms. The van der Waals surface area contributed by atoms with E-state index < -0.39 is 24.0 Å². The van der Waals surface area contributed by atoms with Gasteiger partial charge in [0.1, 0.15) is 25.2 Å². The fourth-order valence-corrected chi connectivity index (χ4v) is 2.31. The third kappa shape index (κ3) is 2.09. The molecule has 100 valence electrons. The van der Waals surface area contributed by atoms with Crippen molar-refractivity contribution >= 4 is 11.9 Å².